The predicted octanol–water partition coefficient (Wildman–Crippen LogP) is 5.62. The molecule has 0 aliphatic carbocycles. The van der Waals surface area contributed by atoms with Crippen LogP contribution in [0.2, 0.25) is 0 Å². The summed E-state index contributed by atoms with van der Waals surface area (Å²) < 4.78 is 11.4. The van der Waals surface area contributed by atoms with Crippen LogP contribution in [0.1, 0.15) is 27.0 Å². The number of carboxylic acid groups (broad SMARTS) is 1. The van der Waals surface area contributed by atoms with Crippen molar-refractivity contribution >= 4 is 17.4 Å². The maximum absolute atomic E-state index is 13.0. The van der Waals surface area contributed by atoms with Crippen LogP contribution >= 0.6 is 0 Å². The predicted molar refractivity (Wildman–Crippen MR) is 143 cm³/mol. The van der Waals surface area contributed by atoms with E-state index in [1.165, 1.54) is 0 Å². The lowest BCUT2D eigenvalue weighted by Crippen LogP contribution is -2.32. The number of hydrogen-bond donors (Lipinski definition) is 2. The smallest absolute Gasteiger partial charge is 0.326 e. The van der Waals surface area contributed by atoms with Gasteiger partial charge < -0.3 is 19.9 Å². The number of rotatable bonds is 13. The van der Waals surface area contributed by atoms with Crippen LogP contribution in [-0.2, 0) is 22.6 Å². The fraction of sp³-hybridized carbons (Fsp3) is 0.161. The van der Waals surface area contributed by atoms with Crippen molar-refractivity contribution in [2.75, 3.05) is 18.5 Å². The third kappa shape index (κ3) is 7.53. The number of para-hydroxylation sites is 1. The Kier molecular flexibility index (Phi) is 9.05. The highest BCUT2D eigenvalue weighted by Crippen LogP contribution is 2.22. The number of aliphatic carboxylic acids is 1. The van der Waals surface area contributed by atoms with E-state index >= 15 is 0 Å². The van der Waals surface area contributed by atoms with Crippen LogP contribution in [0.15, 0.2) is 109 Å². The van der Waals surface area contributed by atoms with Crippen molar-refractivity contribution in [1.29, 1.82) is 0 Å². The average Bonchev–Trinajstić information content (AvgIpc) is 2.94. The standard InChI is InChI=1S/C31H29NO5/c33-30(25-11-5-2-6-12-25)27-13-7-8-14-28(27)32-29(31(34)35)21-23-15-17-26(18-16-23)37-20-19-36-22-24-9-3-1-4-10-24/h1-18,29,32H,19-22H2,(H,34,35)/t29-/m0/s1. The maximum Gasteiger partial charge on any atom is 0.326 e. The number of nitrogens with one attached hydrogen (secondary N) is 1. The number of carbonyl (C=O) groups is 2. The molecule has 0 fully saturated rings. The van der Waals surface area contributed by atoms with Gasteiger partial charge in [-0.1, -0.05) is 84.9 Å². The van der Waals surface area contributed by atoms with Crippen LogP contribution in [0.25, 0.3) is 0 Å². The zero-order valence-corrected chi connectivity index (χ0v) is 20.4. The zero-order chi connectivity index (χ0) is 25.9. The van der Waals surface area contributed by atoms with Gasteiger partial charge in [0, 0.05) is 23.2 Å². The van der Waals surface area contributed by atoms with Gasteiger partial charge in [0.25, 0.3) is 0 Å². The number of ketones is 1. The molecule has 0 amide bonds. The molecule has 6 nitrogen and oxygen atoms in total. The number of hydrogen-bond acceptors (Lipinski definition) is 5. The Hall–Kier alpha value is -4.42. The minimum absolute atomic E-state index is 0.165. The lowest BCUT2D eigenvalue weighted by molar-refractivity contribution is -0.137. The molecule has 6 heteroatoms. The average molecular weight is 496 g/mol. The zero-order valence-electron chi connectivity index (χ0n) is 20.4. The van der Waals surface area contributed by atoms with E-state index in [9.17, 15) is 14.7 Å². The van der Waals surface area contributed by atoms with E-state index in [1.807, 2.05) is 60.7 Å². The molecule has 0 saturated heterocycles. The number of carbonyl (C=O) groups excluding carboxylic acids is 1. The first-order valence-electron chi connectivity index (χ1n) is 12.1. The highest BCUT2D eigenvalue weighted by atomic mass is 16.5. The molecule has 0 heterocycles. The summed E-state index contributed by atoms with van der Waals surface area (Å²) >= 11 is 0. The monoisotopic (exact) mass is 495 g/mol. The topological polar surface area (TPSA) is 84.9 Å². The van der Waals surface area contributed by atoms with Gasteiger partial charge in [-0.15, -0.1) is 0 Å². The summed E-state index contributed by atoms with van der Waals surface area (Å²) in [5, 5.41) is 12.9. The Morgan fingerprint density at radius 2 is 1.38 bits per heavy atom. The van der Waals surface area contributed by atoms with E-state index in [0.717, 1.165) is 11.1 Å². The summed E-state index contributed by atoms with van der Waals surface area (Å²) in [6.45, 7) is 1.41. The molecular formula is C31H29NO5. The van der Waals surface area contributed by atoms with Gasteiger partial charge in [0.1, 0.15) is 18.4 Å². The van der Waals surface area contributed by atoms with Gasteiger partial charge in [-0.05, 0) is 35.4 Å². The van der Waals surface area contributed by atoms with Crippen LogP contribution in [0.5, 0.6) is 5.75 Å². The Balaban J connectivity index is 1.32. The fourth-order valence-corrected chi connectivity index (χ4v) is 3.88. The second-order valence-electron chi connectivity index (χ2n) is 8.51. The summed E-state index contributed by atoms with van der Waals surface area (Å²) in [6.07, 6.45) is 0.240. The first kappa shape index (κ1) is 25.7. The molecule has 0 aromatic heterocycles. The molecule has 0 bridgehead atoms. The number of carboxylic acids is 1. The van der Waals surface area contributed by atoms with E-state index in [2.05, 4.69) is 5.32 Å². The van der Waals surface area contributed by atoms with Gasteiger partial charge in [-0.25, -0.2) is 4.79 Å². The number of benzene rings is 4. The molecule has 1 atom stereocenters. The van der Waals surface area contributed by atoms with Crippen LogP contribution in [-0.4, -0.2) is 36.1 Å². The highest BCUT2D eigenvalue weighted by molar-refractivity contribution is 6.12. The summed E-state index contributed by atoms with van der Waals surface area (Å²) in [4.78, 5) is 25.0. The van der Waals surface area contributed by atoms with Crippen LogP contribution in [0.4, 0.5) is 5.69 Å². The minimum Gasteiger partial charge on any atom is -0.491 e. The number of anilines is 1. The third-order valence-electron chi connectivity index (χ3n) is 5.81. The Morgan fingerprint density at radius 1 is 0.730 bits per heavy atom. The first-order chi connectivity index (χ1) is 18.1. The fourth-order valence-electron chi connectivity index (χ4n) is 3.88. The largest absolute Gasteiger partial charge is 0.491 e. The summed E-state index contributed by atoms with van der Waals surface area (Å²) in [7, 11) is 0. The van der Waals surface area contributed by atoms with Crippen molar-refractivity contribution in [2.24, 2.45) is 0 Å². The van der Waals surface area contributed by atoms with Crippen LogP contribution in [0, 0.1) is 0 Å². The van der Waals surface area contributed by atoms with Gasteiger partial charge in [-0.2, -0.15) is 0 Å². The summed E-state index contributed by atoms with van der Waals surface area (Å²) in [5.41, 5.74) is 3.40. The molecule has 2 N–H and O–H groups in total. The SMILES string of the molecule is O=C(c1ccccc1)c1ccccc1N[C@@H](Cc1ccc(OCCOCc2ccccc2)cc1)C(=O)O. The van der Waals surface area contributed by atoms with E-state index in [0.29, 0.717) is 42.4 Å². The molecule has 0 aliphatic heterocycles. The Labute approximate surface area is 216 Å². The van der Waals surface area contributed by atoms with Crippen molar-refractivity contribution < 1.29 is 24.2 Å². The summed E-state index contributed by atoms with van der Waals surface area (Å²) in [6, 6.07) is 32.3. The van der Waals surface area contributed by atoms with E-state index in [1.54, 1.807) is 48.5 Å². The Bertz CT molecular complexity index is 1290. The molecule has 4 aromatic carbocycles. The third-order valence-corrected chi connectivity index (χ3v) is 5.81. The van der Waals surface area contributed by atoms with Crippen molar-refractivity contribution in [3.63, 3.8) is 0 Å². The van der Waals surface area contributed by atoms with Crippen molar-refractivity contribution in [1.82, 2.24) is 0 Å². The quantitative estimate of drug-likeness (QED) is 0.185. The van der Waals surface area contributed by atoms with E-state index < -0.39 is 12.0 Å². The van der Waals surface area contributed by atoms with Gasteiger partial charge in [0.2, 0.25) is 0 Å². The van der Waals surface area contributed by atoms with E-state index in [-0.39, 0.29) is 12.2 Å². The first-order valence-corrected chi connectivity index (χ1v) is 12.1. The van der Waals surface area contributed by atoms with Crippen molar-refractivity contribution in [2.45, 2.75) is 19.1 Å². The molecule has 0 saturated carbocycles. The molecule has 0 unspecified atom stereocenters. The second-order valence-corrected chi connectivity index (χ2v) is 8.51. The molecule has 4 rings (SSSR count). The van der Waals surface area contributed by atoms with Crippen LogP contribution < -0.4 is 10.1 Å². The summed E-state index contributed by atoms with van der Waals surface area (Å²) in [5.74, 6) is -0.481. The van der Waals surface area contributed by atoms with Gasteiger partial charge in [0.05, 0.1) is 13.2 Å². The molecule has 0 spiro atoms. The van der Waals surface area contributed by atoms with E-state index in [4.69, 9.17) is 9.47 Å². The molecular weight excluding hydrogens is 466 g/mol. The maximum atomic E-state index is 13.0. The molecule has 188 valence electrons. The molecule has 0 aliphatic rings. The molecule has 0 radical (unpaired) electrons. The van der Waals surface area contributed by atoms with Crippen molar-refractivity contribution in [3.05, 3.63) is 131 Å². The molecule has 37 heavy (non-hydrogen) atoms. The van der Waals surface area contributed by atoms with Crippen LogP contribution in [0.3, 0.4) is 0 Å². The van der Waals surface area contributed by atoms with Crippen molar-refractivity contribution in [3.8, 4) is 5.75 Å². The number of ether oxygens (including phenoxy) is 2. The molecule has 4 aromatic rings. The van der Waals surface area contributed by atoms with Gasteiger partial charge in [0.15, 0.2) is 5.78 Å². The Morgan fingerprint density at radius 3 is 2.08 bits per heavy atom. The van der Waals surface area contributed by atoms with Gasteiger partial charge >= 0.3 is 5.97 Å². The lowest BCUT2D eigenvalue weighted by atomic mass is 10.00. The van der Waals surface area contributed by atoms with Gasteiger partial charge in [-0.3, -0.25) is 4.79 Å². The lowest BCUT2D eigenvalue weighted by Gasteiger charge is -2.18. The minimum atomic E-state index is -1.00. The second kappa shape index (κ2) is 13.0. The highest BCUT2D eigenvalue weighted by Gasteiger charge is 2.21. The normalized spacial score (nSPS) is 11.5.